The van der Waals surface area contributed by atoms with Gasteiger partial charge in [0.1, 0.15) is 18.5 Å². The van der Waals surface area contributed by atoms with Crippen LogP contribution in [0.25, 0.3) is 0 Å². The van der Waals surface area contributed by atoms with Crippen molar-refractivity contribution in [2.45, 2.75) is 83.7 Å². The molecule has 1 atom stereocenters. The Balaban J connectivity index is 1.43. The minimum atomic E-state index is 0.329. The Labute approximate surface area is 154 Å². The Hall–Kier alpha value is -1.28. The Kier molecular flexibility index (Phi) is 10.4. The third-order valence-electron chi connectivity index (χ3n) is 4.71. The van der Waals surface area contributed by atoms with Gasteiger partial charge in [0, 0.05) is 0 Å². The molecule has 1 unspecified atom stereocenters. The summed E-state index contributed by atoms with van der Waals surface area (Å²) in [6.07, 6.45) is 19.5. The van der Waals surface area contributed by atoms with Crippen molar-refractivity contribution >= 4 is 0 Å². The maximum Gasteiger partial charge on any atom is 0.119 e. The largest absolute Gasteiger partial charge is 0.491 e. The molecule has 0 N–H and O–H groups in total. The van der Waals surface area contributed by atoms with Crippen LogP contribution in [0.2, 0.25) is 0 Å². The summed E-state index contributed by atoms with van der Waals surface area (Å²) < 4.78 is 10.9. The van der Waals surface area contributed by atoms with E-state index in [0.717, 1.165) is 18.8 Å². The Morgan fingerprint density at radius 1 is 1.00 bits per heavy atom. The van der Waals surface area contributed by atoms with Crippen molar-refractivity contribution in [3.05, 3.63) is 42.0 Å². The zero-order valence-electron chi connectivity index (χ0n) is 16.1. The summed E-state index contributed by atoms with van der Waals surface area (Å²) in [7, 11) is 0. The highest BCUT2D eigenvalue weighted by atomic mass is 16.6. The van der Waals surface area contributed by atoms with Gasteiger partial charge in [-0.25, -0.2) is 0 Å². The normalized spacial score (nSPS) is 16.4. The van der Waals surface area contributed by atoms with Crippen molar-refractivity contribution in [3.63, 3.8) is 0 Å². The monoisotopic (exact) mass is 344 g/mol. The predicted molar refractivity (Wildman–Crippen MR) is 106 cm³/mol. The summed E-state index contributed by atoms with van der Waals surface area (Å²) in [6.45, 7) is 3.80. The Morgan fingerprint density at radius 3 is 2.48 bits per heavy atom. The van der Waals surface area contributed by atoms with Gasteiger partial charge in [0.25, 0.3) is 0 Å². The van der Waals surface area contributed by atoms with Crippen LogP contribution in [0.1, 0.15) is 76.7 Å². The van der Waals surface area contributed by atoms with Gasteiger partial charge < -0.3 is 9.47 Å². The highest BCUT2D eigenvalue weighted by Crippen LogP contribution is 2.18. The number of aryl methyl sites for hydroxylation is 1. The lowest BCUT2D eigenvalue weighted by atomic mass is 10.0. The maximum atomic E-state index is 5.75. The molecule has 25 heavy (non-hydrogen) atoms. The van der Waals surface area contributed by atoms with Gasteiger partial charge in [0.15, 0.2) is 0 Å². The van der Waals surface area contributed by atoms with Crippen molar-refractivity contribution in [2.75, 3.05) is 13.2 Å². The lowest BCUT2D eigenvalue weighted by Gasteiger charge is -2.07. The Bertz CT molecular complexity index is 477. The summed E-state index contributed by atoms with van der Waals surface area (Å²) in [6, 6.07) is 8.55. The van der Waals surface area contributed by atoms with Gasteiger partial charge in [-0.15, -0.1) is 0 Å². The fourth-order valence-corrected chi connectivity index (χ4v) is 3.00. The van der Waals surface area contributed by atoms with Crippen LogP contribution in [-0.4, -0.2) is 19.3 Å². The molecular formula is C23H36O2. The third kappa shape index (κ3) is 10.3. The smallest absolute Gasteiger partial charge is 0.119 e. The molecule has 0 bridgehead atoms. The number of ether oxygens (including phenoxy) is 2. The predicted octanol–water partition coefficient (Wildman–Crippen LogP) is 6.48. The molecule has 1 saturated heterocycles. The maximum absolute atomic E-state index is 5.75. The van der Waals surface area contributed by atoms with Crippen LogP contribution < -0.4 is 4.74 Å². The highest BCUT2D eigenvalue weighted by molar-refractivity contribution is 5.28. The van der Waals surface area contributed by atoms with E-state index in [4.69, 9.17) is 9.47 Å². The molecule has 2 rings (SSSR count). The minimum absolute atomic E-state index is 0.329. The molecule has 0 spiro atoms. The molecule has 1 aromatic carbocycles. The zero-order chi connectivity index (χ0) is 17.6. The first-order chi connectivity index (χ1) is 12.4. The molecule has 0 amide bonds. The number of allylic oxidation sites excluding steroid dienone is 2. The van der Waals surface area contributed by atoms with E-state index in [1.54, 1.807) is 0 Å². The average molecular weight is 345 g/mol. The lowest BCUT2D eigenvalue weighted by Crippen LogP contribution is -2.04. The van der Waals surface area contributed by atoms with Crippen LogP contribution in [0, 0.1) is 0 Å². The van der Waals surface area contributed by atoms with Crippen molar-refractivity contribution in [3.8, 4) is 5.75 Å². The number of unbranched alkanes of at least 4 members (excludes halogenated alkanes) is 8. The van der Waals surface area contributed by atoms with E-state index in [1.807, 2.05) is 6.07 Å². The van der Waals surface area contributed by atoms with Crippen molar-refractivity contribution < 1.29 is 9.47 Å². The van der Waals surface area contributed by atoms with Crippen LogP contribution in [0.15, 0.2) is 36.4 Å². The molecule has 2 heteroatoms. The first-order valence-electron chi connectivity index (χ1n) is 10.4. The van der Waals surface area contributed by atoms with E-state index in [9.17, 15) is 0 Å². The third-order valence-corrected chi connectivity index (χ3v) is 4.71. The molecule has 2 nitrogen and oxygen atoms in total. The van der Waals surface area contributed by atoms with Crippen molar-refractivity contribution in [2.24, 2.45) is 0 Å². The fraction of sp³-hybridized carbons (Fsp3) is 0.652. The molecule has 0 aromatic heterocycles. The first-order valence-corrected chi connectivity index (χ1v) is 10.4. The summed E-state index contributed by atoms with van der Waals surface area (Å²) >= 11 is 0. The van der Waals surface area contributed by atoms with Gasteiger partial charge in [-0.1, -0.05) is 69.7 Å². The lowest BCUT2D eigenvalue weighted by molar-refractivity contribution is 0.263. The molecule has 1 fully saturated rings. The second-order valence-electron chi connectivity index (χ2n) is 7.19. The second kappa shape index (κ2) is 13.0. The summed E-state index contributed by atoms with van der Waals surface area (Å²) in [5.74, 6) is 0.986. The van der Waals surface area contributed by atoms with Crippen LogP contribution >= 0.6 is 0 Å². The molecule has 140 valence electrons. The Morgan fingerprint density at radius 2 is 1.72 bits per heavy atom. The SMILES string of the molecule is CCCC/C=C/CCCCCCCCc1cccc(OCC2CO2)c1. The van der Waals surface area contributed by atoms with Crippen LogP contribution in [0.5, 0.6) is 5.75 Å². The number of hydrogen-bond acceptors (Lipinski definition) is 2. The van der Waals surface area contributed by atoms with Gasteiger partial charge >= 0.3 is 0 Å². The summed E-state index contributed by atoms with van der Waals surface area (Å²) in [5, 5.41) is 0. The van der Waals surface area contributed by atoms with E-state index >= 15 is 0 Å². The molecule has 0 radical (unpaired) electrons. The van der Waals surface area contributed by atoms with Crippen LogP contribution in [0.4, 0.5) is 0 Å². The van der Waals surface area contributed by atoms with E-state index in [0.29, 0.717) is 12.7 Å². The van der Waals surface area contributed by atoms with E-state index < -0.39 is 0 Å². The van der Waals surface area contributed by atoms with Crippen molar-refractivity contribution in [1.82, 2.24) is 0 Å². The zero-order valence-corrected chi connectivity index (χ0v) is 16.1. The van der Waals surface area contributed by atoms with Crippen LogP contribution in [0.3, 0.4) is 0 Å². The highest BCUT2D eigenvalue weighted by Gasteiger charge is 2.22. The van der Waals surface area contributed by atoms with E-state index in [1.165, 1.54) is 69.8 Å². The van der Waals surface area contributed by atoms with Gasteiger partial charge in [0.2, 0.25) is 0 Å². The molecule has 1 heterocycles. The average Bonchev–Trinajstić information content (AvgIpc) is 3.46. The molecule has 0 aliphatic carbocycles. The number of epoxide rings is 1. The summed E-state index contributed by atoms with van der Waals surface area (Å²) in [4.78, 5) is 0. The first kappa shape index (κ1) is 20.0. The number of hydrogen-bond donors (Lipinski definition) is 0. The minimum Gasteiger partial charge on any atom is -0.491 e. The molecule has 1 aliphatic heterocycles. The van der Waals surface area contributed by atoms with Crippen LogP contribution in [-0.2, 0) is 11.2 Å². The standard InChI is InChI=1S/C23H36O2/c1-2-3-4-5-6-7-8-9-10-11-12-13-15-21-16-14-17-22(18-21)24-19-23-20-25-23/h5-6,14,16-18,23H,2-4,7-13,15,19-20H2,1H3/b6-5+. The van der Waals surface area contributed by atoms with Gasteiger partial charge in [-0.3, -0.25) is 0 Å². The summed E-state index contributed by atoms with van der Waals surface area (Å²) in [5.41, 5.74) is 1.39. The van der Waals surface area contributed by atoms with Gasteiger partial charge in [-0.2, -0.15) is 0 Å². The van der Waals surface area contributed by atoms with Gasteiger partial charge in [-0.05, 0) is 49.8 Å². The molecule has 0 saturated carbocycles. The molecule has 1 aromatic rings. The quantitative estimate of drug-likeness (QED) is 0.206. The fourth-order valence-electron chi connectivity index (χ4n) is 3.00. The topological polar surface area (TPSA) is 21.8 Å². The number of rotatable bonds is 15. The number of benzene rings is 1. The second-order valence-corrected chi connectivity index (χ2v) is 7.19. The van der Waals surface area contributed by atoms with E-state index in [-0.39, 0.29) is 0 Å². The van der Waals surface area contributed by atoms with Crippen molar-refractivity contribution in [1.29, 1.82) is 0 Å². The molecular weight excluding hydrogens is 308 g/mol. The van der Waals surface area contributed by atoms with E-state index in [2.05, 4.69) is 37.3 Å². The molecule has 1 aliphatic rings. The van der Waals surface area contributed by atoms with Gasteiger partial charge in [0.05, 0.1) is 6.61 Å².